The molecule has 1 aromatic rings. The van der Waals surface area contributed by atoms with E-state index in [0.717, 1.165) is 12.1 Å². The van der Waals surface area contributed by atoms with Crippen molar-refractivity contribution in [2.45, 2.75) is 19.8 Å². The Hall–Kier alpha value is -1.16. The quantitative estimate of drug-likeness (QED) is 0.837. The van der Waals surface area contributed by atoms with Gasteiger partial charge in [0.2, 0.25) is 0 Å². The fraction of sp³-hybridized carbons (Fsp3) is 0.455. The number of benzene rings is 1. The zero-order chi connectivity index (χ0) is 11.4. The van der Waals surface area contributed by atoms with E-state index >= 15 is 0 Å². The molecule has 0 aliphatic rings. The molecule has 2 N–H and O–H groups in total. The molecule has 0 heterocycles. The average molecular weight is 215 g/mol. The highest BCUT2D eigenvalue weighted by Crippen LogP contribution is 2.28. The molecule has 0 fully saturated rings. The predicted molar refractivity (Wildman–Crippen MR) is 55.0 cm³/mol. The Kier molecular flexibility index (Phi) is 4.03. The number of rotatable bonds is 4. The van der Waals surface area contributed by atoms with E-state index in [4.69, 9.17) is 10.5 Å². The van der Waals surface area contributed by atoms with E-state index in [2.05, 4.69) is 0 Å². The molecule has 1 rings (SSSR count). The fourth-order valence-electron chi connectivity index (χ4n) is 1.34. The molecule has 1 atom stereocenters. The molecule has 0 bridgehead atoms. The topological polar surface area (TPSA) is 35.2 Å². The largest absolute Gasteiger partial charge is 0.493 e. The van der Waals surface area contributed by atoms with Gasteiger partial charge in [-0.1, -0.05) is 6.92 Å². The Bertz CT molecular complexity index is 342. The maximum atomic E-state index is 13.0. The van der Waals surface area contributed by atoms with E-state index in [-0.39, 0.29) is 5.92 Å². The van der Waals surface area contributed by atoms with Gasteiger partial charge in [-0.25, -0.2) is 8.78 Å². The van der Waals surface area contributed by atoms with Gasteiger partial charge in [0.15, 0.2) is 11.6 Å². The Morgan fingerprint density at radius 2 is 1.93 bits per heavy atom. The summed E-state index contributed by atoms with van der Waals surface area (Å²) in [6.45, 7) is 4.41. The van der Waals surface area contributed by atoms with Crippen molar-refractivity contribution in [2.24, 2.45) is 5.73 Å². The van der Waals surface area contributed by atoms with Crippen LogP contribution in [0.1, 0.15) is 25.3 Å². The summed E-state index contributed by atoms with van der Waals surface area (Å²) in [6, 6.07) is 2.22. The van der Waals surface area contributed by atoms with Crippen LogP contribution in [0.2, 0.25) is 0 Å². The standard InChI is InChI=1S/C11H15F2NO/c1-3-15-11-5-10(13)9(12)4-8(11)7(2)6-14/h4-5,7H,3,6,14H2,1-2H3. The molecule has 1 aromatic carbocycles. The number of halogens is 2. The highest BCUT2D eigenvalue weighted by Gasteiger charge is 2.15. The van der Waals surface area contributed by atoms with Gasteiger partial charge >= 0.3 is 0 Å². The van der Waals surface area contributed by atoms with E-state index in [9.17, 15) is 8.78 Å². The molecule has 0 saturated heterocycles. The Morgan fingerprint density at radius 1 is 1.33 bits per heavy atom. The van der Waals surface area contributed by atoms with Crippen molar-refractivity contribution in [1.82, 2.24) is 0 Å². The molecule has 0 aromatic heterocycles. The van der Waals surface area contributed by atoms with Gasteiger partial charge in [-0.05, 0) is 25.5 Å². The molecule has 0 saturated carbocycles. The summed E-state index contributed by atoms with van der Waals surface area (Å²) in [5, 5.41) is 0. The predicted octanol–water partition coefficient (Wildman–Crippen LogP) is 2.43. The fourth-order valence-corrected chi connectivity index (χ4v) is 1.34. The van der Waals surface area contributed by atoms with Crippen LogP contribution in [-0.4, -0.2) is 13.2 Å². The molecule has 15 heavy (non-hydrogen) atoms. The molecule has 4 heteroatoms. The lowest BCUT2D eigenvalue weighted by Gasteiger charge is -2.15. The van der Waals surface area contributed by atoms with Crippen molar-refractivity contribution in [3.8, 4) is 5.75 Å². The lowest BCUT2D eigenvalue weighted by molar-refractivity contribution is 0.330. The molecule has 2 nitrogen and oxygen atoms in total. The van der Waals surface area contributed by atoms with Crippen molar-refractivity contribution in [3.05, 3.63) is 29.3 Å². The van der Waals surface area contributed by atoms with Crippen molar-refractivity contribution >= 4 is 0 Å². The minimum absolute atomic E-state index is 0.0540. The summed E-state index contributed by atoms with van der Waals surface area (Å²) in [4.78, 5) is 0. The Balaban J connectivity index is 3.15. The Labute approximate surface area is 88.0 Å². The van der Waals surface area contributed by atoms with Crippen LogP contribution in [0.5, 0.6) is 5.75 Å². The monoisotopic (exact) mass is 215 g/mol. The molecule has 0 aliphatic heterocycles. The molecule has 1 unspecified atom stereocenters. The van der Waals surface area contributed by atoms with Crippen LogP contribution in [0.4, 0.5) is 8.78 Å². The van der Waals surface area contributed by atoms with E-state index < -0.39 is 11.6 Å². The number of hydrogen-bond acceptors (Lipinski definition) is 2. The first-order valence-electron chi connectivity index (χ1n) is 4.92. The van der Waals surface area contributed by atoms with Crippen LogP contribution in [-0.2, 0) is 0 Å². The summed E-state index contributed by atoms with van der Waals surface area (Å²) in [7, 11) is 0. The average Bonchev–Trinajstić information content (AvgIpc) is 2.22. The second-order valence-corrected chi connectivity index (χ2v) is 3.37. The van der Waals surface area contributed by atoms with Crippen LogP contribution in [0, 0.1) is 11.6 Å². The number of nitrogens with two attached hydrogens (primary N) is 1. The molecule has 84 valence electrons. The molecular weight excluding hydrogens is 200 g/mol. The van der Waals surface area contributed by atoms with E-state index in [1.54, 1.807) is 6.92 Å². The van der Waals surface area contributed by atoms with Gasteiger partial charge in [0.1, 0.15) is 5.75 Å². The summed E-state index contributed by atoms with van der Waals surface area (Å²) < 4.78 is 31.2. The van der Waals surface area contributed by atoms with E-state index in [1.165, 1.54) is 0 Å². The minimum atomic E-state index is -0.897. The van der Waals surface area contributed by atoms with Crippen LogP contribution in [0.15, 0.2) is 12.1 Å². The van der Waals surface area contributed by atoms with Crippen LogP contribution < -0.4 is 10.5 Å². The van der Waals surface area contributed by atoms with Gasteiger partial charge in [0.25, 0.3) is 0 Å². The van der Waals surface area contributed by atoms with Gasteiger partial charge in [-0.3, -0.25) is 0 Å². The molecule has 0 spiro atoms. The van der Waals surface area contributed by atoms with Crippen molar-refractivity contribution in [2.75, 3.05) is 13.2 Å². The first-order chi connectivity index (χ1) is 7.10. The molecule has 0 amide bonds. The van der Waals surface area contributed by atoms with Crippen LogP contribution in [0.3, 0.4) is 0 Å². The SMILES string of the molecule is CCOc1cc(F)c(F)cc1C(C)CN. The van der Waals surface area contributed by atoms with Crippen molar-refractivity contribution < 1.29 is 13.5 Å². The second-order valence-electron chi connectivity index (χ2n) is 3.37. The van der Waals surface area contributed by atoms with Gasteiger partial charge in [-0.2, -0.15) is 0 Å². The van der Waals surface area contributed by atoms with Crippen molar-refractivity contribution in [3.63, 3.8) is 0 Å². The van der Waals surface area contributed by atoms with Gasteiger partial charge in [0, 0.05) is 11.6 Å². The molecule has 0 aliphatic carbocycles. The van der Waals surface area contributed by atoms with Gasteiger partial charge < -0.3 is 10.5 Å². The third kappa shape index (κ3) is 2.65. The third-order valence-electron chi connectivity index (χ3n) is 2.24. The summed E-state index contributed by atoms with van der Waals surface area (Å²) in [5.41, 5.74) is 6.09. The van der Waals surface area contributed by atoms with Gasteiger partial charge in [0.05, 0.1) is 6.61 Å². The maximum Gasteiger partial charge on any atom is 0.162 e. The van der Waals surface area contributed by atoms with Crippen LogP contribution >= 0.6 is 0 Å². The minimum Gasteiger partial charge on any atom is -0.493 e. The maximum absolute atomic E-state index is 13.0. The highest BCUT2D eigenvalue weighted by atomic mass is 19.2. The van der Waals surface area contributed by atoms with Gasteiger partial charge in [-0.15, -0.1) is 0 Å². The lowest BCUT2D eigenvalue weighted by atomic mass is 10.00. The zero-order valence-corrected chi connectivity index (χ0v) is 8.89. The summed E-state index contributed by atoms with van der Waals surface area (Å²) in [5.74, 6) is -1.45. The van der Waals surface area contributed by atoms with Crippen LogP contribution in [0.25, 0.3) is 0 Å². The molecule has 0 radical (unpaired) electrons. The summed E-state index contributed by atoms with van der Waals surface area (Å²) in [6.07, 6.45) is 0. The zero-order valence-electron chi connectivity index (χ0n) is 8.89. The first-order valence-corrected chi connectivity index (χ1v) is 4.92. The second kappa shape index (κ2) is 5.07. The van der Waals surface area contributed by atoms with Crippen molar-refractivity contribution in [1.29, 1.82) is 0 Å². The lowest BCUT2D eigenvalue weighted by Crippen LogP contribution is -2.11. The smallest absolute Gasteiger partial charge is 0.162 e. The first kappa shape index (κ1) is 11.9. The Morgan fingerprint density at radius 3 is 2.47 bits per heavy atom. The highest BCUT2D eigenvalue weighted by molar-refractivity contribution is 5.37. The van der Waals surface area contributed by atoms with E-state index in [0.29, 0.717) is 24.5 Å². The third-order valence-corrected chi connectivity index (χ3v) is 2.24. The van der Waals surface area contributed by atoms with E-state index in [1.807, 2.05) is 6.92 Å². The normalized spacial score (nSPS) is 12.6. The number of ether oxygens (including phenoxy) is 1. The molecular formula is C11H15F2NO. The summed E-state index contributed by atoms with van der Waals surface area (Å²) >= 11 is 0. The number of hydrogen-bond donors (Lipinski definition) is 1.